The zero-order valence-corrected chi connectivity index (χ0v) is 21.2. The molecule has 3 unspecified atom stereocenters. The molecule has 1 saturated carbocycles. The third kappa shape index (κ3) is 4.03. The van der Waals surface area contributed by atoms with Gasteiger partial charge in [0.15, 0.2) is 28.2 Å². The molecular formula is C27H30N2O5S. The lowest BCUT2D eigenvalue weighted by molar-refractivity contribution is -0.131. The van der Waals surface area contributed by atoms with E-state index in [1.807, 2.05) is 39.0 Å². The number of carbonyl (C=O) groups excluding carboxylic acids is 2. The zero-order valence-electron chi connectivity index (χ0n) is 20.3. The van der Waals surface area contributed by atoms with Gasteiger partial charge in [-0.3, -0.25) is 14.5 Å². The number of amides is 1. The molecule has 8 heteroatoms. The Hall–Kier alpha value is -3.13. The zero-order chi connectivity index (χ0) is 24.7. The van der Waals surface area contributed by atoms with E-state index in [-0.39, 0.29) is 29.5 Å². The van der Waals surface area contributed by atoms with Gasteiger partial charge in [-0.05, 0) is 57.7 Å². The molecule has 1 amide bonds. The maximum Gasteiger partial charge on any atom is 0.296 e. The number of rotatable bonds is 7. The smallest absolute Gasteiger partial charge is 0.296 e. The summed E-state index contributed by atoms with van der Waals surface area (Å²) in [5, 5.41) is 0.564. The highest BCUT2D eigenvalue weighted by Gasteiger charge is 2.53. The highest BCUT2D eigenvalue weighted by molar-refractivity contribution is 7.15. The van der Waals surface area contributed by atoms with Crippen molar-refractivity contribution >= 4 is 28.2 Å². The normalized spacial score (nSPS) is 23.6. The van der Waals surface area contributed by atoms with E-state index in [0.29, 0.717) is 35.4 Å². The van der Waals surface area contributed by atoms with Gasteiger partial charge in [-0.2, -0.15) is 0 Å². The van der Waals surface area contributed by atoms with Gasteiger partial charge in [-0.1, -0.05) is 25.1 Å². The lowest BCUT2D eigenvalue weighted by Crippen LogP contribution is -2.39. The number of carbonyl (C=O) groups is 2. The van der Waals surface area contributed by atoms with E-state index in [1.54, 1.807) is 11.0 Å². The summed E-state index contributed by atoms with van der Waals surface area (Å²) in [6.07, 6.45) is 5.03. The highest BCUT2D eigenvalue weighted by atomic mass is 32.1. The second-order valence-corrected chi connectivity index (χ2v) is 10.3. The Kier molecular flexibility index (Phi) is 6.40. The number of ether oxygens (including phenoxy) is 3. The molecule has 2 aromatic rings. The molecule has 0 saturated heterocycles. The summed E-state index contributed by atoms with van der Waals surface area (Å²) in [6, 6.07) is 4.93. The third-order valence-corrected chi connectivity index (χ3v) is 8.00. The van der Waals surface area contributed by atoms with Crippen LogP contribution in [-0.2, 0) is 14.3 Å². The molecule has 5 rings (SSSR count). The van der Waals surface area contributed by atoms with E-state index >= 15 is 0 Å². The van der Waals surface area contributed by atoms with E-state index in [4.69, 9.17) is 14.2 Å². The van der Waals surface area contributed by atoms with Gasteiger partial charge in [0, 0.05) is 4.88 Å². The predicted octanol–water partition coefficient (Wildman–Crippen LogP) is 5.22. The van der Waals surface area contributed by atoms with Crippen LogP contribution in [0.4, 0.5) is 5.13 Å². The number of hydrogen-bond acceptors (Lipinski definition) is 7. The number of aryl methyl sites for hydroxylation is 2. The van der Waals surface area contributed by atoms with Crippen LogP contribution in [0.5, 0.6) is 11.5 Å². The molecule has 2 aliphatic heterocycles. The largest absolute Gasteiger partial charge is 0.490 e. The first-order valence-corrected chi connectivity index (χ1v) is 13.0. The number of fused-ring (bicyclic) bond motifs is 1. The minimum atomic E-state index is -0.634. The molecule has 1 aliphatic carbocycles. The second-order valence-electron chi connectivity index (χ2n) is 9.11. The molecule has 7 nitrogen and oxygen atoms in total. The summed E-state index contributed by atoms with van der Waals surface area (Å²) in [5.41, 5.74) is 2.06. The van der Waals surface area contributed by atoms with Gasteiger partial charge >= 0.3 is 0 Å². The van der Waals surface area contributed by atoms with Crippen LogP contribution in [0.2, 0.25) is 0 Å². The van der Waals surface area contributed by atoms with Crippen molar-refractivity contribution in [3.05, 3.63) is 58.3 Å². The first kappa shape index (κ1) is 23.6. The van der Waals surface area contributed by atoms with Crippen molar-refractivity contribution in [2.45, 2.75) is 58.6 Å². The molecule has 1 fully saturated rings. The third-order valence-electron chi connectivity index (χ3n) is 6.93. The monoisotopic (exact) mass is 494 g/mol. The summed E-state index contributed by atoms with van der Waals surface area (Å²) in [6.45, 7) is 10.3. The number of nitrogens with zero attached hydrogens (tertiary/aromatic N) is 2. The number of Topliss-reactive ketones (excluding diaryl/α,β-unsaturated/α-hetero) is 1. The van der Waals surface area contributed by atoms with E-state index in [1.165, 1.54) is 11.3 Å². The molecule has 1 aromatic heterocycles. The van der Waals surface area contributed by atoms with Gasteiger partial charge < -0.3 is 14.2 Å². The van der Waals surface area contributed by atoms with E-state index in [9.17, 15) is 9.59 Å². The van der Waals surface area contributed by atoms with Gasteiger partial charge in [0.1, 0.15) is 12.7 Å². The number of aromatic nitrogens is 1. The van der Waals surface area contributed by atoms with Crippen LogP contribution in [0.25, 0.3) is 0 Å². The fourth-order valence-corrected chi connectivity index (χ4v) is 6.08. The first-order valence-electron chi connectivity index (χ1n) is 12.2. The van der Waals surface area contributed by atoms with Crippen LogP contribution in [0.15, 0.2) is 42.2 Å². The van der Waals surface area contributed by atoms with Gasteiger partial charge in [-0.15, -0.1) is 11.3 Å². The van der Waals surface area contributed by atoms with Crippen molar-refractivity contribution in [1.29, 1.82) is 0 Å². The molecule has 1 aromatic carbocycles. The molecule has 0 N–H and O–H groups in total. The summed E-state index contributed by atoms with van der Waals surface area (Å²) in [4.78, 5) is 34.9. The number of thiazole rings is 1. The van der Waals surface area contributed by atoms with Crippen LogP contribution in [0, 0.1) is 19.8 Å². The van der Waals surface area contributed by atoms with Crippen molar-refractivity contribution in [2.75, 3.05) is 18.1 Å². The number of benzene rings is 1. The number of hydrogen-bond donors (Lipinski definition) is 0. The standard InChI is InChI=1S/C27H30N2O5S/c1-5-13-33-20-12-11-17(14-21(20)32-6-2)23-22-24(30)18-9-7-8-10-19(18)34-25(22)26(31)29(23)27-28-15(3)16(4)35-27/h5,11-12,14,18-19,23H,1,6-10,13H2,2-4H3. The number of anilines is 1. The lowest BCUT2D eigenvalue weighted by Gasteiger charge is -2.35. The Morgan fingerprint density at radius 1 is 1.20 bits per heavy atom. The molecule has 3 aliphatic rings. The van der Waals surface area contributed by atoms with Crippen molar-refractivity contribution in [1.82, 2.24) is 4.98 Å². The highest BCUT2D eigenvalue weighted by Crippen LogP contribution is 2.50. The van der Waals surface area contributed by atoms with E-state index in [0.717, 1.165) is 41.8 Å². The van der Waals surface area contributed by atoms with Crippen LogP contribution in [0.1, 0.15) is 54.8 Å². The molecular weight excluding hydrogens is 464 g/mol. The fraction of sp³-hybridized carbons (Fsp3) is 0.444. The van der Waals surface area contributed by atoms with Crippen molar-refractivity contribution in [3.8, 4) is 11.5 Å². The van der Waals surface area contributed by atoms with Crippen LogP contribution in [-0.4, -0.2) is 36.0 Å². The molecule has 0 bridgehead atoms. The SMILES string of the molecule is C=CCOc1ccc(C2C3=C(OC4CCCCC4C3=O)C(=O)N2c2nc(C)c(C)s2)cc1OCC. The predicted molar refractivity (Wildman–Crippen MR) is 134 cm³/mol. The van der Waals surface area contributed by atoms with Gasteiger partial charge in [0.05, 0.1) is 29.8 Å². The summed E-state index contributed by atoms with van der Waals surface area (Å²) in [5.74, 6) is 0.824. The Morgan fingerprint density at radius 3 is 2.71 bits per heavy atom. The Balaban J connectivity index is 1.64. The minimum Gasteiger partial charge on any atom is -0.490 e. The second kappa shape index (κ2) is 9.49. The van der Waals surface area contributed by atoms with E-state index < -0.39 is 6.04 Å². The van der Waals surface area contributed by atoms with Gasteiger partial charge in [0.2, 0.25) is 0 Å². The maximum atomic E-state index is 13.8. The minimum absolute atomic E-state index is 0.0201. The van der Waals surface area contributed by atoms with Crippen LogP contribution in [0.3, 0.4) is 0 Å². The van der Waals surface area contributed by atoms with Gasteiger partial charge in [0.25, 0.3) is 5.91 Å². The average Bonchev–Trinajstić information content (AvgIpc) is 3.34. The van der Waals surface area contributed by atoms with Crippen molar-refractivity contribution in [3.63, 3.8) is 0 Å². The van der Waals surface area contributed by atoms with Crippen LogP contribution >= 0.6 is 11.3 Å². The summed E-state index contributed by atoms with van der Waals surface area (Å²) < 4.78 is 17.9. The molecule has 3 heterocycles. The summed E-state index contributed by atoms with van der Waals surface area (Å²) >= 11 is 1.45. The van der Waals surface area contributed by atoms with Crippen LogP contribution < -0.4 is 14.4 Å². The quantitative estimate of drug-likeness (QED) is 0.491. The van der Waals surface area contributed by atoms with Crippen molar-refractivity contribution < 1.29 is 23.8 Å². The Bertz CT molecular complexity index is 1200. The van der Waals surface area contributed by atoms with Gasteiger partial charge in [-0.25, -0.2) is 4.98 Å². The molecule has 3 atom stereocenters. The molecule has 0 spiro atoms. The topological polar surface area (TPSA) is 78.0 Å². The molecule has 184 valence electrons. The van der Waals surface area contributed by atoms with Crippen molar-refractivity contribution in [2.24, 2.45) is 5.92 Å². The lowest BCUT2D eigenvalue weighted by atomic mass is 9.77. The average molecular weight is 495 g/mol. The Morgan fingerprint density at radius 2 is 2.00 bits per heavy atom. The fourth-order valence-electron chi connectivity index (χ4n) is 5.15. The molecule has 35 heavy (non-hydrogen) atoms. The maximum absolute atomic E-state index is 13.8. The number of ketones is 1. The molecule has 0 radical (unpaired) electrons. The van der Waals surface area contributed by atoms with E-state index in [2.05, 4.69) is 11.6 Å². The first-order chi connectivity index (χ1) is 16.9. The Labute approximate surface area is 209 Å². The summed E-state index contributed by atoms with van der Waals surface area (Å²) in [7, 11) is 0.